The summed E-state index contributed by atoms with van der Waals surface area (Å²) in [6.07, 6.45) is 12.8. The Hall–Kier alpha value is -1.18. The van der Waals surface area contributed by atoms with Gasteiger partial charge in [0.15, 0.2) is 0 Å². The van der Waals surface area contributed by atoms with Crippen LogP contribution < -0.4 is 4.74 Å². The number of hydrogen-bond donors (Lipinski definition) is 1. The summed E-state index contributed by atoms with van der Waals surface area (Å²) in [5, 5.41) is 9.93. The van der Waals surface area contributed by atoms with Gasteiger partial charge in [0.2, 0.25) is 0 Å². The summed E-state index contributed by atoms with van der Waals surface area (Å²) in [4.78, 5) is 0. The van der Waals surface area contributed by atoms with Crippen molar-refractivity contribution in [3.63, 3.8) is 0 Å². The van der Waals surface area contributed by atoms with Crippen LogP contribution in [0.4, 0.5) is 0 Å². The van der Waals surface area contributed by atoms with Crippen LogP contribution in [0.25, 0.3) is 0 Å². The summed E-state index contributed by atoms with van der Waals surface area (Å²) < 4.78 is 29.8. The minimum Gasteiger partial charge on any atom is -0.508 e. The maximum Gasteiger partial charge on any atom is 0.126 e. The molecule has 2 rings (SSSR count). The molecule has 1 aliphatic heterocycles. The fourth-order valence-corrected chi connectivity index (χ4v) is 4.65. The van der Waals surface area contributed by atoms with Crippen molar-refractivity contribution in [2.75, 3.05) is 0 Å². The van der Waals surface area contributed by atoms with E-state index in [0.717, 1.165) is 43.1 Å². The van der Waals surface area contributed by atoms with Gasteiger partial charge in [0.25, 0.3) is 0 Å². The van der Waals surface area contributed by atoms with Gasteiger partial charge in [-0.2, -0.15) is 0 Å². The van der Waals surface area contributed by atoms with Crippen LogP contribution in [0.1, 0.15) is 114 Å². The standard InChI is InChI=1S/C27H46O2/c1-20(2)10-7-11-21(3)12-8-13-22(4)14-9-16-27(6)17-15-24-19-25(28)18-23(5)26(24)29-27/h18-22,28H,7-17H2,1-6H3/i5D3. The zero-order chi connectivity index (χ0) is 23.9. The Labute approximate surface area is 184 Å². The molecule has 0 aliphatic carbocycles. The number of aromatic hydroxyl groups is 1. The molecule has 0 saturated heterocycles. The van der Waals surface area contributed by atoms with Gasteiger partial charge >= 0.3 is 0 Å². The highest BCUT2D eigenvalue weighted by atomic mass is 16.5. The molecule has 0 fully saturated rings. The van der Waals surface area contributed by atoms with Gasteiger partial charge in [-0.05, 0) is 80.5 Å². The van der Waals surface area contributed by atoms with E-state index in [1.54, 1.807) is 6.07 Å². The van der Waals surface area contributed by atoms with Crippen LogP contribution >= 0.6 is 0 Å². The highest BCUT2D eigenvalue weighted by Crippen LogP contribution is 2.40. The minimum absolute atomic E-state index is 0.00476. The topological polar surface area (TPSA) is 29.5 Å². The minimum atomic E-state index is -2.29. The SMILES string of the molecule is [2H]C([2H])([2H])c1cc(O)cc2c1OC(C)(CCCC(C)CCCC(C)CCCC(C)C)CC2. The number of aryl methyl sites for hydroxylation is 2. The molecule has 1 aliphatic rings. The van der Waals surface area contributed by atoms with E-state index < -0.39 is 6.85 Å². The van der Waals surface area contributed by atoms with Crippen molar-refractivity contribution in [3.8, 4) is 11.5 Å². The van der Waals surface area contributed by atoms with Crippen LogP contribution in [0.2, 0.25) is 0 Å². The number of rotatable bonds is 12. The summed E-state index contributed by atoms with van der Waals surface area (Å²) in [5.41, 5.74) is 0.605. The zero-order valence-corrected chi connectivity index (χ0v) is 19.5. The van der Waals surface area contributed by atoms with Gasteiger partial charge in [-0.3, -0.25) is 0 Å². The summed E-state index contributed by atoms with van der Waals surface area (Å²) in [6.45, 7) is 9.19. The third-order valence-corrected chi connectivity index (χ3v) is 6.70. The molecule has 2 heteroatoms. The van der Waals surface area contributed by atoms with Gasteiger partial charge in [-0.15, -0.1) is 0 Å². The lowest BCUT2D eigenvalue weighted by molar-refractivity contribution is 0.0515. The lowest BCUT2D eigenvalue weighted by Crippen LogP contribution is -2.36. The molecule has 3 atom stereocenters. The van der Waals surface area contributed by atoms with Crippen molar-refractivity contribution >= 4 is 0 Å². The van der Waals surface area contributed by atoms with Gasteiger partial charge in [0, 0.05) is 4.11 Å². The Morgan fingerprint density at radius 1 is 1.00 bits per heavy atom. The summed E-state index contributed by atoms with van der Waals surface area (Å²) in [7, 11) is 0. The average molecular weight is 406 g/mol. The number of phenolic OH excluding ortho intramolecular Hbond substituents is 1. The summed E-state index contributed by atoms with van der Waals surface area (Å²) >= 11 is 0. The maximum atomic E-state index is 9.93. The molecule has 1 aromatic carbocycles. The number of ether oxygens (including phenoxy) is 1. The number of benzene rings is 1. The fraction of sp³-hybridized carbons (Fsp3) is 0.778. The van der Waals surface area contributed by atoms with Crippen molar-refractivity contribution in [3.05, 3.63) is 23.3 Å². The Kier molecular flexibility index (Phi) is 7.69. The lowest BCUT2D eigenvalue weighted by atomic mass is 9.85. The quantitative estimate of drug-likeness (QED) is 0.379. The molecule has 29 heavy (non-hydrogen) atoms. The predicted octanol–water partition coefficient (Wildman–Crippen LogP) is 8.22. The van der Waals surface area contributed by atoms with E-state index in [-0.39, 0.29) is 16.9 Å². The van der Waals surface area contributed by atoms with E-state index in [4.69, 9.17) is 8.85 Å². The van der Waals surface area contributed by atoms with Gasteiger partial charge in [0.1, 0.15) is 17.1 Å². The van der Waals surface area contributed by atoms with Crippen molar-refractivity contribution in [1.29, 1.82) is 0 Å². The normalized spacial score (nSPS) is 22.9. The summed E-state index contributed by atoms with van der Waals surface area (Å²) in [5.74, 6) is 2.84. The van der Waals surface area contributed by atoms with E-state index in [2.05, 4.69) is 34.6 Å². The van der Waals surface area contributed by atoms with Crippen molar-refractivity contribution < 1.29 is 14.0 Å². The third-order valence-electron chi connectivity index (χ3n) is 6.70. The van der Waals surface area contributed by atoms with Gasteiger partial charge < -0.3 is 9.84 Å². The molecule has 1 heterocycles. The number of hydrogen-bond acceptors (Lipinski definition) is 2. The van der Waals surface area contributed by atoms with Crippen LogP contribution in [0.15, 0.2) is 12.1 Å². The Morgan fingerprint density at radius 3 is 2.24 bits per heavy atom. The fourth-order valence-electron chi connectivity index (χ4n) is 4.65. The predicted molar refractivity (Wildman–Crippen MR) is 125 cm³/mol. The molecule has 0 radical (unpaired) electrons. The average Bonchev–Trinajstić information content (AvgIpc) is 2.66. The molecule has 0 spiro atoms. The van der Waals surface area contributed by atoms with E-state index in [1.807, 2.05) is 0 Å². The molecule has 0 aromatic heterocycles. The second-order valence-electron chi connectivity index (χ2n) is 10.4. The number of fused-ring (bicyclic) bond motifs is 1. The maximum absolute atomic E-state index is 9.93. The highest BCUT2D eigenvalue weighted by molar-refractivity contribution is 5.47. The molecular weight excluding hydrogens is 356 g/mol. The van der Waals surface area contributed by atoms with Crippen molar-refractivity contribution in [1.82, 2.24) is 0 Å². The highest BCUT2D eigenvalue weighted by Gasteiger charge is 2.32. The molecule has 0 amide bonds. The summed E-state index contributed by atoms with van der Waals surface area (Å²) in [6, 6.07) is 2.99. The van der Waals surface area contributed by atoms with E-state index >= 15 is 0 Å². The second-order valence-corrected chi connectivity index (χ2v) is 10.4. The molecular formula is C27H46O2. The zero-order valence-electron chi connectivity index (χ0n) is 22.5. The van der Waals surface area contributed by atoms with Gasteiger partial charge in [-0.1, -0.05) is 72.6 Å². The van der Waals surface area contributed by atoms with E-state index in [0.29, 0.717) is 11.7 Å². The monoisotopic (exact) mass is 405 g/mol. The van der Waals surface area contributed by atoms with Crippen LogP contribution in [0.5, 0.6) is 11.5 Å². The van der Waals surface area contributed by atoms with E-state index in [1.165, 1.54) is 51.0 Å². The first-order chi connectivity index (χ1) is 14.9. The molecule has 3 unspecified atom stereocenters. The smallest absolute Gasteiger partial charge is 0.126 e. The molecule has 0 bridgehead atoms. The third kappa shape index (κ3) is 8.22. The lowest BCUT2D eigenvalue weighted by Gasteiger charge is -2.37. The molecule has 1 aromatic rings. The van der Waals surface area contributed by atoms with Crippen LogP contribution in [-0.2, 0) is 6.42 Å². The largest absolute Gasteiger partial charge is 0.508 e. The van der Waals surface area contributed by atoms with Crippen LogP contribution in [0.3, 0.4) is 0 Å². The first-order valence-corrected chi connectivity index (χ1v) is 11.9. The number of phenols is 1. The molecule has 166 valence electrons. The molecule has 2 nitrogen and oxygen atoms in total. The molecule has 1 N–H and O–H groups in total. The van der Waals surface area contributed by atoms with Crippen molar-refractivity contribution in [2.24, 2.45) is 17.8 Å². The van der Waals surface area contributed by atoms with Gasteiger partial charge in [-0.25, -0.2) is 0 Å². The molecule has 0 saturated carbocycles. The first-order valence-electron chi connectivity index (χ1n) is 13.4. The Balaban J connectivity index is 1.77. The Bertz CT molecular complexity index is 714. The van der Waals surface area contributed by atoms with Crippen LogP contribution in [-0.4, -0.2) is 10.7 Å². The van der Waals surface area contributed by atoms with Crippen LogP contribution in [0, 0.1) is 24.6 Å². The van der Waals surface area contributed by atoms with E-state index in [9.17, 15) is 5.11 Å². The second kappa shape index (κ2) is 11.3. The van der Waals surface area contributed by atoms with Crippen molar-refractivity contribution in [2.45, 2.75) is 118 Å². The Morgan fingerprint density at radius 2 is 1.62 bits per heavy atom. The van der Waals surface area contributed by atoms with Gasteiger partial charge in [0.05, 0.1) is 0 Å². The first kappa shape index (κ1) is 19.8.